The lowest BCUT2D eigenvalue weighted by Gasteiger charge is -2.37. The molecule has 0 radical (unpaired) electrons. The molecule has 1 saturated carbocycles. The number of carbonyl (C=O) groups is 3. The van der Waals surface area contributed by atoms with Gasteiger partial charge in [-0.3, -0.25) is 9.59 Å². The van der Waals surface area contributed by atoms with E-state index in [2.05, 4.69) is 30.3 Å². The van der Waals surface area contributed by atoms with Crippen molar-refractivity contribution >= 4 is 28.3 Å². The second-order valence-electron chi connectivity index (χ2n) is 7.52. The Labute approximate surface area is 157 Å². The summed E-state index contributed by atoms with van der Waals surface area (Å²) >= 11 is 0. The van der Waals surface area contributed by atoms with Gasteiger partial charge in [-0.05, 0) is 29.2 Å². The van der Waals surface area contributed by atoms with E-state index in [0.717, 1.165) is 25.7 Å². The second-order valence-corrected chi connectivity index (χ2v) is 7.52. The van der Waals surface area contributed by atoms with Crippen molar-refractivity contribution in [2.24, 2.45) is 0 Å². The van der Waals surface area contributed by atoms with E-state index < -0.39 is 23.1 Å². The summed E-state index contributed by atoms with van der Waals surface area (Å²) in [6.45, 7) is 0.485. The van der Waals surface area contributed by atoms with Gasteiger partial charge >= 0.3 is 5.97 Å². The fourth-order valence-electron chi connectivity index (χ4n) is 4.59. The number of Topliss-reactive ketones (excluding diaryl/α,β-unsaturated/α-hetero) is 2. The third-order valence-corrected chi connectivity index (χ3v) is 5.81. The van der Waals surface area contributed by atoms with Crippen LogP contribution in [0.25, 0.3) is 10.8 Å². The number of nitrogens with zero attached hydrogens (tertiary/aromatic N) is 1. The molecule has 0 unspecified atom stereocenters. The maximum absolute atomic E-state index is 12.1. The zero-order valence-corrected chi connectivity index (χ0v) is 15.0. The zero-order chi connectivity index (χ0) is 19.0. The van der Waals surface area contributed by atoms with Crippen molar-refractivity contribution in [3.8, 4) is 0 Å². The first kappa shape index (κ1) is 17.5. The summed E-state index contributed by atoms with van der Waals surface area (Å²) in [6, 6.07) is 14.5. The van der Waals surface area contributed by atoms with Crippen LogP contribution in [0.4, 0.5) is 0 Å². The Bertz CT molecular complexity index is 964. The predicted octanol–water partition coefficient (Wildman–Crippen LogP) is 3.07. The molecule has 2 aliphatic rings. The summed E-state index contributed by atoms with van der Waals surface area (Å²) in [6.07, 6.45) is 5.52. The number of hydrogen-bond acceptors (Lipinski definition) is 4. The molecule has 5 heteroatoms. The molecule has 1 aliphatic heterocycles. The molecule has 1 aliphatic carbocycles. The third-order valence-electron chi connectivity index (χ3n) is 5.81. The molecule has 1 N–H and O–H groups in total. The minimum absolute atomic E-state index is 0.0534. The van der Waals surface area contributed by atoms with Gasteiger partial charge in [0.05, 0.1) is 6.54 Å². The van der Waals surface area contributed by atoms with Crippen molar-refractivity contribution in [1.82, 2.24) is 4.90 Å². The lowest BCUT2D eigenvalue weighted by atomic mass is 9.76. The van der Waals surface area contributed by atoms with Crippen molar-refractivity contribution in [2.75, 3.05) is 13.1 Å². The van der Waals surface area contributed by atoms with Gasteiger partial charge in [-0.25, -0.2) is 4.79 Å². The topological polar surface area (TPSA) is 74.7 Å². The minimum atomic E-state index is -1.34. The van der Waals surface area contributed by atoms with Gasteiger partial charge in [0, 0.05) is 18.2 Å². The molecular weight excluding hydrogens is 342 g/mol. The average molecular weight is 363 g/mol. The van der Waals surface area contributed by atoms with Gasteiger partial charge < -0.3 is 10.0 Å². The Morgan fingerprint density at radius 3 is 2.48 bits per heavy atom. The summed E-state index contributed by atoms with van der Waals surface area (Å²) < 4.78 is 0. The van der Waals surface area contributed by atoms with E-state index in [1.165, 1.54) is 22.5 Å². The van der Waals surface area contributed by atoms with Gasteiger partial charge in [0.1, 0.15) is 5.57 Å². The summed E-state index contributed by atoms with van der Waals surface area (Å²) in [7, 11) is 0. The number of ketones is 2. The number of carboxylic acid groups (broad SMARTS) is 1. The van der Waals surface area contributed by atoms with Crippen LogP contribution in [0.2, 0.25) is 0 Å². The highest BCUT2D eigenvalue weighted by Gasteiger charge is 2.40. The highest BCUT2D eigenvalue weighted by atomic mass is 16.4. The molecule has 138 valence electrons. The molecule has 4 rings (SSSR count). The summed E-state index contributed by atoms with van der Waals surface area (Å²) in [5.41, 5.74) is 0.659. The van der Waals surface area contributed by atoms with E-state index in [-0.39, 0.29) is 12.0 Å². The number of benzene rings is 2. The minimum Gasteiger partial charge on any atom is -0.477 e. The zero-order valence-electron chi connectivity index (χ0n) is 15.0. The predicted molar refractivity (Wildman–Crippen MR) is 101 cm³/mol. The van der Waals surface area contributed by atoms with Crippen molar-refractivity contribution in [1.29, 1.82) is 0 Å². The molecule has 0 bridgehead atoms. The smallest absolute Gasteiger partial charge is 0.341 e. The maximum atomic E-state index is 12.1. The van der Waals surface area contributed by atoms with Crippen LogP contribution in [-0.4, -0.2) is 40.6 Å². The molecule has 0 aromatic heterocycles. The Hall–Kier alpha value is -2.95. The third kappa shape index (κ3) is 3.03. The molecule has 5 nitrogen and oxygen atoms in total. The van der Waals surface area contributed by atoms with Gasteiger partial charge in [-0.15, -0.1) is 0 Å². The number of rotatable bonds is 4. The second kappa shape index (κ2) is 6.65. The van der Waals surface area contributed by atoms with E-state index in [1.54, 1.807) is 4.90 Å². The summed E-state index contributed by atoms with van der Waals surface area (Å²) in [5, 5.41) is 11.6. The van der Waals surface area contributed by atoms with Gasteiger partial charge in [-0.1, -0.05) is 55.3 Å². The lowest BCUT2D eigenvalue weighted by Crippen LogP contribution is -2.44. The number of hydrogen-bond donors (Lipinski definition) is 1. The lowest BCUT2D eigenvalue weighted by molar-refractivity contribution is -0.141. The molecule has 0 amide bonds. The Balaban J connectivity index is 1.76. The van der Waals surface area contributed by atoms with E-state index in [9.17, 15) is 19.5 Å². The Morgan fingerprint density at radius 2 is 1.74 bits per heavy atom. The molecule has 2 aromatic carbocycles. The molecule has 0 saturated heterocycles. The molecule has 2 aromatic rings. The normalized spacial score (nSPS) is 19.4. The van der Waals surface area contributed by atoms with Crippen molar-refractivity contribution in [2.45, 2.75) is 31.1 Å². The molecule has 0 atom stereocenters. The number of carbonyl (C=O) groups excluding carboxylic acids is 2. The van der Waals surface area contributed by atoms with Crippen LogP contribution in [0.15, 0.2) is 54.2 Å². The first-order valence-electron chi connectivity index (χ1n) is 9.25. The largest absolute Gasteiger partial charge is 0.477 e. The van der Waals surface area contributed by atoms with Crippen LogP contribution in [0.1, 0.15) is 31.2 Å². The maximum Gasteiger partial charge on any atom is 0.341 e. The van der Waals surface area contributed by atoms with Crippen LogP contribution in [-0.2, 0) is 19.8 Å². The van der Waals surface area contributed by atoms with E-state index in [1.807, 2.05) is 12.1 Å². The highest BCUT2D eigenvalue weighted by Crippen LogP contribution is 2.44. The standard InChI is InChI=1S/C22H21NO4/c24-19-13-23(12-17(20(19)25)21(26)27)14-22(10-3-4-11-22)18-9-5-7-15-6-1-2-8-16(15)18/h1-2,5-9,12H,3-4,10-11,13-14H2,(H,26,27). The first-order chi connectivity index (χ1) is 13.0. The molecule has 27 heavy (non-hydrogen) atoms. The van der Waals surface area contributed by atoms with E-state index in [4.69, 9.17) is 0 Å². The number of aliphatic carboxylic acids is 1. The number of carboxylic acids is 1. The van der Waals surface area contributed by atoms with Crippen LogP contribution in [0.5, 0.6) is 0 Å². The van der Waals surface area contributed by atoms with E-state index >= 15 is 0 Å². The molecule has 1 heterocycles. The SMILES string of the molecule is O=C(O)C1=CN(CC2(c3cccc4ccccc34)CCCC2)CC(=O)C1=O. The first-order valence-corrected chi connectivity index (χ1v) is 9.25. The van der Waals surface area contributed by atoms with Gasteiger partial charge in [-0.2, -0.15) is 0 Å². The monoisotopic (exact) mass is 363 g/mol. The van der Waals surface area contributed by atoms with Gasteiger partial charge in [0.15, 0.2) is 0 Å². The van der Waals surface area contributed by atoms with Crippen molar-refractivity contribution in [3.05, 3.63) is 59.8 Å². The summed E-state index contributed by atoms with van der Waals surface area (Å²) in [4.78, 5) is 37.0. The van der Waals surface area contributed by atoms with Gasteiger partial charge in [0.2, 0.25) is 11.6 Å². The van der Waals surface area contributed by atoms with Crippen LogP contribution in [0.3, 0.4) is 0 Å². The molecular formula is C22H21NO4. The molecule has 1 fully saturated rings. The Kier molecular flexibility index (Phi) is 4.30. The van der Waals surface area contributed by atoms with Crippen molar-refractivity contribution in [3.63, 3.8) is 0 Å². The molecule has 0 spiro atoms. The summed E-state index contributed by atoms with van der Waals surface area (Å²) in [5.74, 6) is -2.89. The fraction of sp³-hybridized carbons (Fsp3) is 0.318. The fourth-order valence-corrected chi connectivity index (χ4v) is 4.59. The van der Waals surface area contributed by atoms with Crippen LogP contribution in [0, 0.1) is 0 Å². The van der Waals surface area contributed by atoms with E-state index in [0.29, 0.717) is 6.54 Å². The highest BCUT2D eigenvalue weighted by molar-refractivity contribution is 6.50. The van der Waals surface area contributed by atoms with Crippen LogP contribution < -0.4 is 0 Å². The Morgan fingerprint density at radius 1 is 1.04 bits per heavy atom. The average Bonchev–Trinajstić information content (AvgIpc) is 3.13. The quantitative estimate of drug-likeness (QED) is 0.667. The number of fused-ring (bicyclic) bond motifs is 1. The van der Waals surface area contributed by atoms with Crippen LogP contribution >= 0.6 is 0 Å². The van der Waals surface area contributed by atoms with Gasteiger partial charge in [0.25, 0.3) is 0 Å². The van der Waals surface area contributed by atoms with Crippen molar-refractivity contribution < 1.29 is 19.5 Å².